The molecule has 2 aromatic rings. The smallest absolute Gasteiger partial charge is 0.124 e. The van der Waals surface area contributed by atoms with Crippen molar-refractivity contribution in [2.45, 2.75) is 13.0 Å². The number of ether oxygens (including phenoxy) is 1. The van der Waals surface area contributed by atoms with Gasteiger partial charge >= 0.3 is 0 Å². The van der Waals surface area contributed by atoms with Gasteiger partial charge in [0.05, 0.1) is 6.26 Å². The molecule has 3 nitrogen and oxygen atoms in total. The normalized spacial score (nSPS) is 12.3. The molecule has 0 radical (unpaired) electrons. The van der Waals surface area contributed by atoms with Crippen molar-refractivity contribution in [2.75, 3.05) is 13.2 Å². The lowest BCUT2D eigenvalue weighted by atomic mass is 10.2. The summed E-state index contributed by atoms with van der Waals surface area (Å²) >= 11 is 5.91. The SMILES string of the molecule is CCNC(COc1cccc(Cl)c1)c1ccco1. The first-order valence-corrected chi connectivity index (χ1v) is 6.32. The maximum atomic E-state index is 5.91. The van der Waals surface area contributed by atoms with Gasteiger partial charge in [-0.15, -0.1) is 0 Å². The monoisotopic (exact) mass is 265 g/mol. The Labute approximate surface area is 112 Å². The van der Waals surface area contributed by atoms with Crippen LogP contribution in [0.3, 0.4) is 0 Å². The van der Waals surface area contributed by atoms with Crippen LogP contribution in [0, 0.1) is 0 Å². The highest BCUT2D eigenvalue weighted by atomic mass is 35.5. The van der Waals surface area contributed by atoms with Gasteiger partial charge in [-0.05, 0) is 36.9 Å². The van der Waals surface area contributed by atoms with E-state index < -0.39 is 0 Å². The van der Waals surface area contributed by atoms with E-state index in [1.165, 1.54) is 0 Å². The van der Waals surface area contributed by atoms with Crippen LogP contribution >= 0.6 is 11.6 Å². The molecule has 1 N–H and O–H groups in total. The van der Waals surface area contributed by atoms with E-state index in [-0.39, 0.29) is 6.04 Å². The lowest BCUT2D eigenvalue weighted by Crippen LogP contribution is -2.26. The molecule has 1 aromatic carbocycles. The zero-order chi connectivity index (χ0) is 12.8. The van der Waals surface area contributed by atoms with Crippen LogP contribution < -0.4 is 10.1 Å². The van der Waals surface area contributed by atoms with Crippen LogP contribution in [0.5, 0.6) is 5.75 Å². The first-order chi connectivity index (χ1) is 8.79. The second kappa shape index (κ2) is 6.47. The molecule has 0 saturated heterocycles. The molecule has 96 valence electrons. The fourth-order valence-corrected chi connectivity index (χ4v) is 1.89. The third-order valence-electron chi connectivity index (χ3n) is 2.55. The number of furan rings is 1. The quantitative estimate of drug-likeness (QED) is 0.866. The molecule has 0 bridgehead atoms. The zero-order valence-corrected chi connectivity index (χ0v) is 11.0. The topological polar surface area (TPSA) is 34.4 Å². The van der Waals surface area contributed by atoms with Crippen molar-refractivity contribution in [1.82, 2.24) is 5.32 Å². The predicted octanol–water partition coefficient (Wildman–Crippen LogP) is 3.66. The zero-order valence-electron chi connectivity index (χ0n) is 10.2. The van der Waals surface area contributed by atoms with E-state index in [4.69, 9.17) is 20.8 Å². The van der Waals surface area contributed by atoms with E-state index in [9.17, 15) is 0 Å². The molecule has 0 spiro atoms. The minimum Gasteiger partial charge on any atom is -0.491 e. The number of likely N-dealkylation sites (N-methyl/N-ethyl adjacent to an activating group) is 1. The number of hydrogen-bond donors (Lipinski definition) is 1. The minimum atomic E-state index is 0.0454. The van der Waals surface area contributed by atoms with Gasteiger partial charge in [0.15, 0.2) is 0 Å². The Balaban J connectivity index is 1.98. The Bertz CT molecular complexity index is 470. The van der Waals surface area contributed by atoms with E-state index in [2.05, 4.69) is 12.2 Å². The summed E-state index contributed by atoms with van der Waals surface area (Å²) < 4.78 is 11.1. The van der Waals surface area contributed by atoms with Crippen molar-refractivity contribution in [3.63, 3.8) is 0 Å². The largest absolute Gasteiger partial charge is 0.491 e. The van der Waals surface area contributed by atoms with Crippen molar-refractivity contribution in [3.8, 4) is 5.75 Å². The van der Waals surface area contributed by atoms with E-state index >= 15 is 0 Å². The molecule has 1 heterocycles. The van der Waals surface area contributed by atoms with Crippen LogP contribution in [-0.4, -0.2) is 13.2 Å². The van der Waals surface area contributed by atoms with E-state index in [0.717, 1.165) is 18.1 Å². The number of halogens is 1. The average molecular weight is 266 g/mol. The Morgan fingerprint density at radius 3 is 2.89 bits per heavy atom. The Morgan fingerprint density at radius 2 is 2.22 bits per heavy atom. The maximum absolute atomic E-state index is 5.91. The molecule has 18 heavy (non-hydrogen) atoms. The summed E-state index contributed by atoms with van der Waals surface area (Å²) in [6.07, 6.45) is 1.67. The second-order valence-corrected chi connectivity index (χ2v) is 4.33. The number of rotatable bonds is 6. The Kier molecular flexibility index (Phi) is 4.67. The second-order valence-electron chi connectivity index (χ2n) is 3.89. The molecule has 0 aliphatic carbocycles. The maximum Gasteiger partial charge on any atom is 0.124 e. The van der Waals surface area contributed by atoms with Gasteiger partial charge in [0.2, 0.25) is 0 Å². The van der Waals surface area contributed by atoms with Crippen molar-refractivity contribution >= 4 is 11.6 Å². The summed E-state index contributed by atoms with van der Waals surface area (Å²) in [6.45, 7) is 3.40. The molecular formula is C14H16ClNO2. The van der Waals surface area contributed by atoms with E-state index in [1.807, 2.05) is 30.3 Å². The molecule has 1 unspecified atom stereocenters. The molecule has 0 aliphatic rings. The van der Waals surface area contributed by atoms with Crippen molar-refractivity contribution in [1.29, 1.82) is 0 Å². The summed E-state index contributed by atoms with van der Waals surface area (Å²) in [5.41, 5.74) is 0. The summed E-state index contributed by atoms with van der Waals surface area (Å²) in [5.74, 6) is 1.64. The summed E-state index contributed by atoms with van der Waals surface area (Å²) in [7, 11) is 0. The molecule has 0 fully saturated rings. The standard InChI is InChI=1S/C14H16ClNO2/c1-2-16-13(14-7-4-8-17-14)10-18-12-6-3-5-11(15)9-12/h3-9,13,16H,2,10H2,1H3. The third-order valence-corrected chi connectivity index (χ3v) is 2.78. The molecule has 0 amide bonds. The molecule has 0 aliphatic heterocycles. The Morgan fingerprint density at radius 1 is 1.33 bits per heavy atom. The minimum absolute atomic E-state index is 0.0454. The van der Waals surface area contributed by atoms with Crippen molar-refractivity contribution < 1.29 is 9.15 Å². The van der Waals surface area contributed by atoms with E-state index in [0.29, 0.717) is 11.6 Å². The fourth-order valence-electron chi connectivity index (χ4n) is 1.71. The Hall–Kier alpha value is -1.45. The van der Waals surface area contributed by atoms with Crippen molar-refractivity contribution in [3.05, 3.63) is 53.4 Å². The van der Waals surface area contributed by atoms with E-state index in [1.54, 1.807) is 12.3 Å². The third kappa shape index (κ3) is 3.52. The summed E-state index contributed by atoms with van der Waals surface area (Å²) in [6, 6.07) is 11.2. The molecule has 0 saturated carbocycles. The number of hydrogen-bond acceptors (Lipinski definition) is 3. The summed E-state index contributed by atoms with van der Waals surface area (Å²) in [4.78, 5) is 0. The first kappa shape index (κ1) is 13.0. The van der Waals surface area contributed by atoms with Gasteiger partial charge in [-0.1, -0.05) is 24.6 Å². The predicted molar refractivity (Wildman–Crippen MR) is 72.1 cm³/mol. The van der Waals surface area contributed by atoms with Crippen LogP contribution in [0.1, 0.15) is 18.7 Å². The van der Waals surface area contributed by atoms with Gasteiger partial charge in [0.25, 0.3) is 0 Å². The van der Waals surface area contributed by atoms with Crippen LogP contribution in [0.2, 0.25) is 5.02 Å². The lowest BCUT2D eigenvalue weighted by Gasteiger charge is -2.16. The van der Waals surface area contributed by atoms with Gasteiger partial charge in [0, 0.05) is 5.02 Å². The number of benzene rings is 1. The molecule has 1 atom stereocenters. The number of nitrogens with one attached hydrogen (secondary N) is 1. The highest BCUT2D eigenvalue weighted by molar-refractivity contribution is 6.30. The molecular weight excluding hydrogens is 250 g/mol. The molecule has 2 rings (SSSR count). The van der Waals surface area contributed by atoms with Gasteiger partial charge in [0.1, 0.15) is 24.2 Å². The van der Waals surface area contributed by atoms with Gasteiger partial charge in [-0.3, -0.25) is 0 Å². The lowest BCUT2D eigenvalue weighted by molar-refractivity contribution is 0.248. The van der Waals surface area contributed by atoms with Crippen LogP contribution in [-0.2, 0) is 0 Å². The van der Waals surface area contributed by atoms with Crippen LogP contribution in [0.15, 0.2) is 47.1 Å². The molecule has 1 aromatic heterocycles. The van der Waals surface area contributed by atoms with Gasteiger partial charge < -0.3 is 14.5 Å². The first-order valence-electron chi connectivity index (χ1n) is 5.94. The molecule has 4 heteroatoms. The fraction of sp³-hybridized carbons (Fsp3) is 0.286. The van der Waals surface area contributed by atoms with Gasteiger partial charge in [-0.2, -0.15) is 0 Å². The van der Waals surface area contributed by atoms with Crippen molar-refractivity contribution in [2.24, 2.45) is 0 Å². The van der Waals surface area contributed by atoms with Gasteiger partial charge in [-0.25, -0.2) is 0 Å². The highest BCUT2D eigenvalue weighted by Gasteiger charge is 2.13. The van der Waals surface area contributed by atoms with Crippen LogP contribution in [0.25, 0.3) is 0 Å². The summed E-state index contributed by atoms with van der Waals surface area (Å²) in [5, 5.41) is 3.99. The average Bonchev–Trinajstić information content (AvgIpc) is 2.88. The highest BCUT2D eigenvalue weighted by Crippen LogP contribution is 2.20. The van der Waals surface area contributed by atoms with Crippen LogP contribution in [0.4, 0.5) is 0 Å².